The molecule has 0 aliphatic rings. The third-order valence-electron chi connectivity index (χ3n) is 1.53. The zero-order valence-corrected chi connectivity index (χ0v) is 11.2. The first-order chi connectivity index (χ1) is 6.38. The van der Waals surface area contributed by atoms with E-state index >= 15 is 0 Å². The van der Waals surface area contributed by atoms with Crippen LogP contribution in [-0.2, 0) is 10.3 Å². The average molecular weight is 237 g/mol. The van der Waals surface area contributed by atoms with Crippen LogP contribution >= 0.6 is 0 Å². The summed E-state index contributed by atoms with van der Waals surface area (Å²) in [4.78, 5) is 10.8. The number of hydrogen-bond donors (Lipinski definition) is 1. The predicted molar refractivity (Wildman–Crippen MR) is 49.8 cm³/mol. The minimum absolute atomic E-state index is 0. The van der Waals surface area contributed by atoms with Gasteiger partial charge in [-0.25, -0.2) is 8.42 Å². The summed E-state index contributed by atoms with van der Waals surface area (Å²) in [6.45, 7) is 1.40. The summed E-state index contributed by atoms with van der Waals surface area (Å²) in [7, 11) is -4.50. The van der Waals surface area contributed by atoms with Gasteiger partial charge in [-0.2, -0.15) is 0 Å². The molecule has 0 amide bonds. The number of benzene rings is 1. The first-order valence-corrected chi connectivity index (χ1v) is 5.14. The molecular formula is C8H8NNaO4S. The maximum absolute atomic E-state index is 10.8. The molecule has 0 unspecified atom stereocenters. The smallest absolute Gasteiger partial charge is 0.731 e. The number of carbonyl (C=O) groups is 1. The molecule has 5 nitrogen and oxygen atoms in total. The normalized spacial score (nSPS) is 10.3. The third kappa shape index (κ3) is 5.29. The van der Waals surface area contributed by atoms with Gasteiger partial charge in [-0.15, -0.1) is 0 Å². The summed E-state index contributed by atoms with van der Waals surface area (Å²) in [6, 6.07) is 5.59. The SMILES string of the molecule is CC(=O)c1ccc(NS(=O)(=O)[O-])cc1.[Na+]. The van der Waals surface area contributed by atoms with Crippen molar-refractivity contribution in [1.29, 1.82) is 0 Å². The molecule has 0 aromatic heterocycles. The van der Waals surface area contributed by atoms with E-state index < -0.39 is 10.3 Å². The van der Waals surface area contributed by atoms with Crippen LogP contribution in [0.25, 0.3) is 0 Å². The van der Waals surface area contributed by atoms with Crippen LogP contribution in [0, 0.1) is 0 Å². The van der Waals surface area contributed by atoms with E-state index in [1.54, 1.807) is 4.72 Å². The van der Waals surface area contributed by atoms with E-state index in [4.69, 9.17) is 0 Å². The quantitative estimate of drug-likeness (QED) is 0.366. The largest absolute Gasteiger partial charge is 1.00 e. The first-order valence-electron chi connectivity index (χ1n) is 3.73. The fourth-order valence-corrected chi connectivity index (χ4v) is 1.34. The third-order valence-corrected chi connectivity index (χ3v) is 2.02. The van der Waals surface area contributed by atoms with E-state index in [1.165, 1.54) is 31.2 Å². The number of ketones is 1. The zero-order valence-electron chi connectivity index (χ0n) is 8.35. The number of rotatable bonds is 3. The summed E-state index contributed by atoms with van der Waals surface area (Å²) in [6.07, 6.45) is 0. The second-order valence-electron chi connectivity index (χ2n) is 2.69. The second kappa shape index (κ2) is 5.62. The number of anilines is 1. The number of hydrogen-bond acceptors (Lipinski definition) is 4. The fraction of sp³-hybridized carbons (Fsp3) is 0.125. The zero-order chi connectivity index (χ0) is 10.8. The molecule has 0 spiro atoms. The Morgan fingerprint density at radius 3 is 2.07 bits per heavy atom. The topological polar surface area (TPSA) is 86.3 Å². The van der Waals surface area contributed by atoms with Crippen LogP contribution in [-0.4, -0.2) is 18.8 Å². The number of Topliss-reactive ketones (excluding diaryl/α,β-unsaturated/α-hetero) is 1. The molecule has 1 aromatic rings. The fourth-order valence-electron chi connectivity index (χ4n) is 0.917. The maximum Gasteiger partial charge on any atom is 1.00 e. The molecular weight excluding hydrogens is 229 g/mol. The average Bonchev–Trinajstić information content (AvgIpc) is 2.02. The van der Waals surface area contributed by atoms with E-state index in [0.717, 1.165) is 0 Å². The van der Waals surface area contributed by atoms with Gasteiger partial charge in [0.25, 0.3) is 0 Å². The van der Waals surface area contributed by atoms with Crippen molar-refractivity contribution in [1.82, 2.24) is 0 Å². The monoisotopic (exact) mass is 237 g/mol. The summed E-state index contributed by atoms with van der Waals surface area (Å²) >= 11 is 0. The molecule has 0 fully saturated rings. The minimum atomic E-state index is -4.50. The van der Waals surface area contributed by atoms with Gasteiger partial charge >= 0.3 is 29.6 Å². The predicted octanol–water partition coefficient (Wildman–Crippen LogP) is -2.23. The maximum atomic E-state index is 10.8. The van der Waals surface area contributed by atoms with Crippen LogP contribution in [0.5, 0.6) is 0 Å². The molecule has 0 heterocycles. The van der Waals surface area contributed by atoms with Crippen molar-refractivity contribution in [3.63, 3.8) is 0 Å². The van der Waals surface area contributed by atoms with Crippen molar-refractivity contribution < 1.29 is 47.3 Å². The molecule has 0 radical (unpaired) electrons. The molecule has 0 atom stereocenters. The van der Waals surface area contributed by atoms with Crippen LogP contribution < -0.4 is 34.3 Å². The van der Waals surface area contributed by atoms with Crippen molar-refractivity contribution in [2.24, 2.45) is 0 Å². The van der Waals surface area contributed by atoms with Gasteiger partial charge in [0.1, 0.15) is 0 Å². The summed E-state index contributed by atoms with van der Waals surface area (Å²) in [5.74, 6) is -0.124. The second-order valence-corrected chi connectivity index (χ2v) is 3.80. The van der Waals surface area contributed by atoms with Crippen molar-refractivity contribution in [3.05, 3.63) is 29.8 Å². The Morgan fingerprint density at radius 1 is 1.27 bits per heavy atom. The van der Waals surface area contributed by atoms with Crippen LogP contribution in [0.1, 0.15) is 17.3 Å². The molecule has 7 heteroatoms. The molecule has 1 rings (SSSR count). The summed E-state index contributed by atoms with van der Waals surface area (Å²) < 4.78 is 32.6. The molecule has 15 heavy (non-hydrogen) atoms. The van der Waals surface area contributed by atoms with Crippen molar-refractivity contribution in [3.8, 4) is 0 Å². The Morgan fingerprint density at radius 2 is 1.73 bits per heavy atom. The van der Waals surface area contributed by atoms with Gasteiger partial charge in [-0.1, -0.05) is 0 Å². The Kier molecular flexibility index (Phi) is 5.47. The molecule has 1 N–H and O–H groups in total. The molecule has 76 valence electrons. The molecule has 1 aromatic carbocycles. The summed E-state index contributed by atoms with van der Waals surface area (Å²) in [5.41, 5.74) is 0.601. The molecule has 0 aliphatic heterocycles. The van der Waals surface area contributed by atoms with Gasteiger partial charge in [-0.3, -0.25) is 9.52 Å². The van der Waals surface area contributed by atoms with E-state index in [1.807, 2.05) is 0 Å². The first kappa shape index (κ1) is 14.6. The van der Waals surface area contributed by atoms with Crippen LogP contribution in [0.15, 0.2) is 24.3 Å². The molecule has 0 bridgehead atoms. The Labute approximate surface area is 110 Å². The van der Waals surface area contributed by atoms with Crippen LogP contribution in [0.4, 0.5) is 5.69 Å². The Bertz CT molecular complexity index is 440. The van der Waals surface area contributed by atoms with Gasteiger partial charge in [0.15, 0.2) is 16.1 Å². The van der Waals surface area contributed by atoms with E-state index in [2.05, 4.69) is 0 Å². The van der Waals surface area contributed by atoms with Crippen molar-refractivity contribution in [2.45, 2.75) is 6.92 Å². The van der Waals surface area contributed by atoms with Crippen LogP contribution in [0.3, 0.4) is 0 Å². The summed E-state index contributed by atoms with van der Waals surface area (Å²) in [5, 5.41) is 0. The van der Waals surface area contributed by atoms with E-state index in [-0.39, 0.29) is 41.0 Å². The molecule has 0 saturated carbocycles. The van der Waals surface area contributed by atoms with Crippen molar-refractivity contribution >= 4 is 21.8 Å². The molecule has 0 aliphatic carbocycles. The number of nitrogens with one attached hydrogen (secondary N) is 1. The van der Waals surface area contributed by atoms with E-state index in [9.17, 15) is 17.8 Å². The Hall–Kier alpha value is -0.400. The Balaban J connectivity index is 0.00000196. The van der Waals surface area contributed by atoms with Crippen LogP contribution in [0.2, 0.25) is 0 Å². The van der Waals surface area contributed by atoms with Gasteiger partial charge in [0.05, 0.1) is 0 Å². The van der Waals surface area contributed by atoms with E-state index in [0.29, 0.717) is 5.56 Å². The van der Waals surface area contributed by atoms with Gasteiger partial charge in [-0.05, 0) is 31.2 Å². The van der Waals surface area contributed by atoms with Gasteiger partial charge < -0.3 is 4.55 Å². The van der Waals surface area contributed by atoms with Gasteiger partial charge in [0, 0.05) is 11.3 Å². The molecule has 0 saturated heterocycles. The number of carbonyl (C=O) groups excluding carboxylic acids is 1. The standard InChI is InChI=1S/C8H9NO4S.Na/c1-6(10)7-2-4-8(5-3-7)9-14(11,12)13;/h2-5,9H,1H3,(H,11,12,13);/q;+1/p-1. The van der Waals surface area contributed by atoms with Crippen molar-refractivity contribution in [2.75, 3.05) is 4.72 Å². The minimum Gasteiger partial charge on any atom is -0.731 e. The van der Waals surface area contributed by atoms with Gasteiger partial charge in [0.2, 0.25) is 0 Å².